The van der Waals surface area contributed by atoms with Crippen LogP contribution >= 0.6 is 34.8 Å². The van der Waals surface area contributed by atoms with Gasteiger partial charge in [-0.3, -0.25) is 0 Å². The Kier molecular flexibility index (Phi) is 6.93. The molecule has 2 rings (SSSR count). The molecule has 1 N–H and O–H groups in total. The van der Waals surface area contributed by atoms with Gasteiger partial charge in [0.15, 0.2) is 11.5 Å². The van der Waals surface area contributed by atoms with E-state index in [9.17, 15) is 0 Å². The predicted molar refractivity (Wildman–Crippen MR) is 101 cm³/mol. The Morgan fingerprint density at radius 3 is 2.54 bits per heavy atom. The SMILES string of the molecule is C#CCOc1c(Cl)cc(CNc2ccc(Cl)cc2Cl)cc1OCC. The number of halogens is 3. The lowest BCUT2D eigenvalue weighted by molar-refractivity contribution is 0.299. The molecule has 2 aromatic carbocycles. The minimum atomic E-state index is 0.123. The van der Waals surface area contributed by atoms with Crippen molar-refractivity contribution in [3.05, 3.63) is 51.0 Å². The molecule has 0 saturated carbocycles. The van der Waals surface area contributed by atoms with Gasteiger partial charge in [0.25, 0.3) is 0 Å². The van der Waals surface area contributed by atoms with Crippen LogP contribution in [-0.4, -0.2) is 13.2 Å². The summed E-state index contributed by atoms with van der Waals surface area (Å²) >= 11 is 18.3. The molecule has 0 bridgehead atoms. The Morgan fingerprint density at radius 2 is 1.88 bits per heavy atom. The summed E-state index contributed by atoms with van der Waals surface area (Å²) in [6.07, 6.45) is 5.23. The van der Waals surface area contributed by atoms with E-state index >= 15 is 0 Å². The predicted octanol–water partition coefficient (Wildman–Crippen LogP) is 5.67. The van der Waals surface area contributed by atoms with E-state index in [2.05, 4.69) is 11.2 Å². The molecule has 126 valence electrons. The summed E-state index contributed by atoms with van der Waals surface area (Å²) < 4.78 is 11.1. The Balaban J connectivity index is 2.19. The molecule has 0 aliphatic heterocycles. The number of anilines is 1. The summed E-state index contributed by atoms with van der Waals surface area (Å²) in [6, 6.07) is 8.93. The van der Waals surface area contributed by atoms with E-state index in [1.165, 1.54) is 0 Å². The Labute approximate surface area is 156 Å². The van der Waals surface area contributed by atoms with Crippen molar-refractivity contribution in [1.29, 1.82) is 0 Å². The highest BCUT2D eigenvalue weighted by molar-refractivity contribution is 6.36. The molecule has 6 heteroatoms. The van der Waals surface area contributed by atoms with Crippen molar-refractivity contribution in [2.24, 2.45) is 0 Å². The largest absolute Gasteiger partial charge is 0.490 e. The third kappa shape index (κ3) is 4.88. The van der Waals surface area contributed by atoms with Crippen molar-refractivity contribution >= 4 is 40.5 Å². The first-order chi connectivity index (χ1) is 11.5. The lowest BCUT2D eigenvalue weighted by atomic mass is 10.2. The maximum absolute atomic E-state index is 6.29. The highest BCUT2D eigenvalue weighted by Gasteiger charge is 2.13. The minimum Gasteiger partial charge on any atom is -0.490 e. The molecule has 0 spiro atoms. The first-order valence-corrected chi connectivity index (χ1v) is 8.39. The van der Waals surface area contributed by atoms with Crippen LogP contribution in [0.3, 0.4) is 0 Å². The van der Waals surface area contributed by atoms with Gasteiger partial charge in [0.05, 0.1) is 22.3 Å². The van der Waals surface area contributed by atoms with Gasteiger partial charge in [0.2, 0.25) is 0 Å². The fourth-order valence-corrected chi connectivity index (χ4v) is 2.83. The van der Waals surface area contributed by atoms with Gasteiger partial charge in [-0.2, -0.15) is 0 Å². The van der Waals surface area contributed by atoms with Gasteiger partial charge in [0, 0.05) is 11.6 Å². The van der Waals surface area contributed by atoms with Gasteiger partial charge in [-0.05, 0) is 42.8 Å². The van der Waals surface area contributed by atoms with E-state index in [-0.39, 0.29) is 6.61 Å². The standard InChI is InChI=1S/C18H16Cl3NO2/c1-3-7-24-18-15(21)8-12(9-17(18)23-4-2)11-22-16-6-5-13(19)10-14(16)20/h1,5-6,8-10,22H,4,7,11H2,2H3. The van der Waals surface area contributed by atoms with Gasteiger partial charge in [0.1, 0.15) is 6.61 Å². The van der Waals surface area contributed by atoms with Gasteiger partial charge in [-0.25, -0.2) is 0 Å². The summed E-state index contributed by atoms with van der Waals surface area (Å²) in [5, 5.41) is 4.81. The van der Waals surface area contributed by atoms with Crippen LogP contribution in [0.5, 0.6) is 11.5 Å². The molecule has 2 aromatic rings. The third-order valence-electron chi connectivity index (χ3n) is 3.08. The van der Waals surface area contributed by atoms with Crippen LogP contribution < -0.4 is 14.8 Å². The lowest BCUT2D eigenvalue weighted by Crippen LogP contribution is -2.04. The highest BCUT2D eigenvalue weighted by Crippen LogP contribution is 2.37. The molecule has 0 amide bonds. The number of hydrogen-bond donors (Lipinski definition) is 1. The van der Waals surface area contributed by atoms with Gasteiger partial charge in [-0.15, -0.1) is 6.42 Å². The molecule has 0 radical (unpaired) electrons. The van der Waals surface area contributed by atoms with E-state index in [4.69, 9.17) is 50.7 Å². The van der Waals surface area contributed by atoms with Gasteiger partial charge >= 0.3 is 0 Å². The van der Waals surface area contributed by atoms with Crippen LogP contribution in [0, 0.1) is 12.3 Å². The van der Waals surface area contributed by atoms with Crippen molar-refractivity contribution in [1.82, 2.24) is 0 Å². The highest BCUT2D eigenvalue weighted by atomic mass is 35.5. The minimum absolute atomic E-state index is 0.123. The lowest BCUT2D eigenvalue weighted by Gasteiger charge is -2.15. The molecular weight excluding hydrogens is 369 g/mol. The number of rotatable bonds is 7. The monoisotopic (exact) mass is 383 g/mol. The quantitative estimate of drug-likeness (QED) is 0.624. The third-order valence-corrected chi connectivity index (χ3v) is 3.91. The van der Waals surface area contributed by atoms with Crippen molar-refractivity contribution in [3.63, 3.8) is 0 Å². The summed E-state index contributed by atoms with van der Waals surface area (Å²) in [6.45, 7) is 3.01. The normalized spacial score (nSPS) is 10.1. The van der Waals surface area contributed by atoms with E-state index in [0.717, 1.165) is 11.3 Å². The van der Waals surface area contributed by atoms with Crippen molar-refractivity contribution in [2.75, 3.05) is 18.5 Å². The van der Waals surface area contributed by atoms with E-state index in [0.29, 0.717) is 39.7 Å². The molecule has 0 aromatic heterocycles. The van der Waals surface area contributed by atoms with Crippen LogP contribution in [0.2, 0.25) is 15.1 Å². The average Bonchev–Trinajstić information content (AvgIpc) is 2.53. The zero-order chi connectivity index (χ0) is 17.5. The summed E-state index contributed by atoms with van der Waals surface area (Å²) in [5.41, 5.74) is 1.70. The summed E-state index contributed by atoms with van der Waals surface area (Å²) in [7, 11) is 0. The fraction of sp³-hybridized carbons (Fsp3) is 0.222. The summed E-state index contributed by atoms with van der Waals surface area (Å²) in [5.74, 6) is 3.41. The second kappa shape index (κ2) is 8.94. The maximum atomic E-state index is 6.29. The molecule has 0 aliphatic carbocycles. The molecule has 24 heavy (non-hydrogen) atoms. The number of terminal acetylenes is 1. The van der Waals surface area contributed by atoms with Crippen molar-refractivity contribution < 1.29 is 9.47 Å². The molecule has 0 saturated heterocycles. The van der Waals surface area contributed by atoms with Gasteiger partial charge < -0.3 is 14.8 Å². The number of benzene rings is 2. The number of hydrogen-bond acceptors (Lipinski definition) is 3. The Bertz CT molecular complexity index is 757. The number of ether oxygens (including phenoxy) is 2. The topological polar surface area (TPSA) is 30.5 Å². The van der Waals surface area contributed by atoms with Crippen molar-refractivity contribution in [3.8, 4) is 23.8 Å². The number of nitrogens with one attached hydrogen (secondary N) is 1. The van der Waals surface area contributed by atoms with Crippen LogP contribution in [0.25, 0.3) is 0 Å². The molecule has 0 fully saturated rings. The molecule has 0 aliphatic rings. The zero-order valence-electron chi connectivity index (χ0n) is 13.0. The Hall–Kier alpha value is -1.73. The average molecular weight is 385 g/mol. The van der Waals surface area contributed by atoms with E-state index < -0.39 is 0 Å². The first-order valence-electron chi connectivity index (χ1n) is 7.25. The van der Waals surface area contributed by atoms with Crippen LogP contribution in [0.15, 0.2) is 30.3 Å². The fourth-order valence-electron chi connectivity index (χ4n) is 2.07. The first kappa shape index (κ1) is 18.6. The second-order valence-electron chi connectivity index (χ2n) is 4.81. The second-order valence-corrected chi connectivity index (χ2v) is 6.06. The molecule has 0 unspecified atom stereocenters. The molecular formula is C18H16Cl3NO2. The van der Waals surface area contributed by atoms with Crippen LogP contribution in [0.4, 0.5) is 5.69 Å². The molecule has 0 atom stereocenters. The molecule has 3 nitrogen and oxygen atoms in total. The Morgan fingerprint density at radius 1 is 1.08 bits per heavy atom. The zero-order valence-corrected chi connectivity index (χ0v) is 15.3. The van der Waals surface area contributed by atoms with Crippen LogP contribution in [-0.2, 0) is 6.54 Å². The van der Waals surface area contributed by atoms with Gasteiger partial charge in [-0.1, -0.05) is 40.7 Å². The molecule has 0 heterocycles. The van der Waals surface area contributed by atoms with E-state index in [1.807, 2.05) is 19.1 Å². The van der Waals surface area contributed by atoms with Crippen molar-refractivity contribution in [2.45, 2.75) is 13.5 Å². The summed E-state index contributed by atoms with van der Waals surface area (Å²) in [4.78, 5) is 0. The van der Waals surface area contributed by atoms with Crippen LogP contribution in [0.1, 0.15) is 12.5 Å². The van der Waals surface area contributed by atoms with E-state index in [1.54, 1.807) is 18.2 Å². The maximum Gasteiger partial charge on any atom is 0.181 e. The smallest absolute Gasteiger partial charge is 0.181 e.